The molecule has 0 aliphatic heterocycles. The number of nitrogens with zero attached hydrogens (tertiary/aromatic N) is 2. The van der Waals surface area contributed by atoms with Crippen molar-refractivity contribution >= 4 is 23.1 Å². The third-order valence-corrected chi connectivity index (χ3v) is 4.36. The van der Waals surface area contributed by atoms with Crippen LogP contribution >= 0.6 is 23.1 Å². The number of aryl methyl sites for hydroxylation is 1. The van der Waals surface area contributed by atoms with Crippen molar-refractivity contribution in [3.8, 4) is 6.07 Å². The number of thiazole rings is 1. The second kappa shape index (κ2) is 5.50. The number of nitrogens with one attached hydrogen (secondary N) is 1. The molecule has 0 aliphatic rings. The molecule has 1 aromatic rings. The first-order chi connectivity index (χ1) is 7.09. The SMILES string of the molecule is CNC(C)(C#N)CCSc1nc(C)cs1. The normalized spacial score (nSPS) is 14.5. The van der Waals surface area contributed by atoms with Gasteiger partial charge in [0.2, 0.25) is 0 Å². The fourth-order valence-corrected chi connectivity index (χ4v) is 3.06. The van der Waals surface area contributed by atoms with Crippen LogP contribution in [-0.2, 0) is 0 Å². The largest absolute Gasteiger partial charge is 0.303 e. The maximum Gasteiger partial charge on any atom is 0.150 e. The first-order valence-electron chi connectivity index (χ1n) is 4.75. The Hall–Kier alpha value is -0.570. The van der Waals surface area contributed by atoms with Crippen LogP contribution in [0.2, 0.25) is 0 Å². The van der Waals surface area contributed by atoms with Crippen LogP contribution < -0.4 is 5.32 Å². The van der Waals surface area contributed by atoms with Crippen molar-refractivity contribution in [1.82, 2.24) is 10.3 Å². The molecule has 0 aromatic carbocycles. The summed E-state index contributed by atoms with van der Waals surface area (Å²) in [5, 5.41) is 14.0. The molecule has 3 nitrogen and oxygen atoms in total. The van der Waals surface area contributed by atoms with Crippen LogP contribution in [0.25, 0.3) is 0 Å². The summed E-state index contributed by atoms with van der Waals surface area (Å²) < 4.78 is 1.09. The first-order valence-corrected chi connectivity index (χ1v) is 6.61. The molecule has 15 heavy (non-hydrogen) atoms. The van der Waals surface area contributed by atoms with Gasteiger partial charge in [-0.3, -0.25) is 0 Å². The summed E-state index contributed by atoms with van der Waals surface area (Å²) in [5.41, 5.74) is 0.651. The van der Waals surface area contributed by atoms with Gasteiger partial charge in [-0.1, -0.05) is 11.8 Å². The lowest BCUT2D eigenvalue weighted by molar-refractivity contribution is 0.479. The lowest BCUT2D eigenvalue weighted by Crippen LogP contribution is -2.38. The van der Waals surface area contributed by atoms with Gasteiger partial charge < -0.3 is 5.32 Å². The van der Waals surface area contributed by atoms with E-state index in [2.05, 4.69) is 16.4 Å². The summed E-state index contributed by atoms with van der Waals surface area (Å²) in [6, 6.07) is 2.28. The summed E-state index contributed by atoms with van der Waals surface area (Å²) in [7, 11) is 1.82. The van der Waals surface area contributed by atoms with Crippen molar-refractivity contribution in [3.05, 3.63) is 11.1 Å². The number of nitriles is 1. The maximum atomic E-state index is 8.95. The smallest absolute Gasteiger partial charge is 0.150 e. The first kappa shape index (κ1) is 12.5. The van der Waals surface area contributed by atoms with E-state index in [1.165, 1.54) is 0 Å². The van der Waals surface area contributed by atoms with E-state index in [1.807, 2.05) is 26.3 Å². The Kier molecular flexibility index (Phi) is 4.58. The molecule has 1 rings (SSSR count). The molecule has 1 atom stereocenters. The molecular weight excluding hydrogens is 226 g/mol. The van der Waals surface area contributed by atoms with E-state index in [4.69, 9.17) is 5.26 Å². The van der Waals surface area contributed by atoms with Gasteiger partial charge in [0.25, 0.3) is 0 Å². The van der Waals surface area contributed by atoms with Gasteiger partial charge in [-0.25, -0.2) is 4.98 Å². The van der Waals surface area contributed by atoms with Crippen molar-refractivity contribution in [2.24, 2.45) is 0 Å². The van der Waals surface area contributed by atoms with Crippen molar-refractivity contribution in [1.29, 1.82) is 5.26 Å². The molecular formula is C10H15N3S2. The lowest BCUT2D eigenvalue weighted by Gasteiger charge is -2.19. The van der Waals surface area contributed by atoms with E-state index in [9.17, 15) is 0 Å². The molecule has 1 unspecified atom stereocenters. The Morgan fingerprint density at radius 1 is 1.73 bits per heavy atom. The maximum absolute atomic E-state index is 8.95. The van der Waals surface area contributed by atoms with Crippen LogP contribution in [-0.4, -0.2) is 23.3 Å². The van der Waals surface area contributed by atoms with E-state index < -0.39 is 5.54 Å². The molecule has 0 radical (unpaired) electrons. The second-order valence-corrected chi connectivity index (χ2v) is 5.75. The molecule has 0 aliphatic carbocycles. The Bertz CT molecular complexity index is 356. The molecule has 5 heteroatoms. The average Bonchev–Trinajstić information content (AvgIpc) is 2.64. The minimum absolute atomic E-state index is 0.417. The van der Waals surface area contributed by atoms with E-state index in [0.29, 0.717) is 0 Å². The molecule has 82 valence electrons. The van der Waals surface area contributed by atoms with E-state index in [1.54, 1.807) is 23.1 Å². The minimum atomic E-state index is -0.417. The van der Waals surface area contributed by atoms with Gasteiger partial charge in [-0.15, -0.1) is 11.3 Å². The Balaban J connectivity index is 2.37. The molecule has 1 N–H and O–H groups in total. The summed E-state index contributed by atoms with van der Waals surface area (Å²) in [6.45, 7) is 3.91. The Morgan fingerprint density at radius 2 is 2.47 bits per heavy atom. The zero-order chi connectivity index (χ0) is 11.3. The van der Waals surface area contributed by atoms with Crippen LogP contribution in [0.5, 0.6) is 0 Å². The van der Waals surface area contributed by atoms with Crippen LogP contribution in [0, 0.1) is 18.3 Å². The Labute approximate surface area is 98.9 Å². The standard InChI is InChI=1S/C10H15N3S2/c1-8-6-15-9(13-8)14-5-4-10(2,7-11)12-3/h6,12H,4-5H2,1-3H3. The lowest BCUT2D eigenvalue weighted by atomic mass is 10.0. The van der Waals surface area contributed by atoms with E-state index in [-0.39, 0.29) is 0 Å². The van der Waals surface area contributed by atoms with Gasteiger partial charge in [-0.05, 0) is 27.3 Å². The van der Waals surface area contributed by atoms with E-state index >= 15 is 0 Å². The number of hydrogen-bond donors (Lipinski definition) is 1. The summed E-state index contributed by atoms with van der Waals surface area (Å²) in [6.07, 6.45) is 0.823. The van der Waals surface area contributed by atoms with Crippen LogP contribution in [0.4, 0.5) is 0 Å². The van der Waals surface area contributed by atoms with Gasteiger partial charge in [-0.2, -0.15) is 5.26 Å². The monoisotopic (exact) mass is 241 g/mol. The average molecular weight is 241 g/mol. The minimum Gasteiger partial charge on any atom is -0.303 e. The number of aromatic nitrogens is 1. The molecule has 1 heterocycles. The van der Waals surface area contributed by atoms with Gasteiger partial charge >= 0.3 is 0 Å². The molecule has 0 saturated carbocycles. The molecule has 0 bridgehead atoms. The third-order valence-electron chi connectivity index (χ3n) is 2.22. The fraction of sp³-hybridized carbons (Fsp3) is 0.600. The predicted molar refractivity (Wildman–Crippen MR) is 65.3 cm³/mol. The van der Waals surface area contributed by atoms with Crippen LogP contribution in [0.1, 0.15) is 19.0 Å². The van der Waals surface area contributed by atoms with Gasteiger partial charge in [0, 0.05) is 16.8 Å². The highest BCUT2D eigenvalue weighted by atomic mass is 32.2. The molecule has 1 aromatic heterocycles. The number of hydrogen-bond acceptors (Lipinski definition) is 5. The summed E-state index contributed by atoms with van der Waals surface area (Å²) >= 11 is 3.38. The molecule has 0 spiro atoms. The molecule has 0 fully saturated rings. The zero-order valence-electron chi connectivity index (χ0n) is 9.20. The highest BCUT2D eigenvalue weighted by Gasteiger charge is 2.20. The summed E-state index contributed by atoms with van der Waals surface area (Å²) in [5.74, 6) is 0.915. The zero-order valence-corrected chi connectivity index (χ0v) is 10.8. The van der Waals surface area contributed by atoms with Crippen molar-refractivity contribution < 1.29 is 0 Å². The molecule has 0 amide bonds. The molecule has 0 saturated heterocycles. The number of thioether (sulfide) groups is 1. The van der Waals surface area contributed by atoms with Gasteiger partial charge in [0.15, 0.2) is 0 Å². The predicted octanol–water partition coefficient (Wildman–Crippen LogP) is 2.44. The Morgan fingerprint density at radius 3 is 2.93 bits per heavy atom. The highest BCUT2D eigenvalue weighted by Crippen LogP contribution is 2.24. The fourth-order valence-electron chi connectivity index (χ4n) is 0.978. The van der Waals surface area contributed by atoms with Crippen molar-refractivity contribution in [2.75, 3.05) is 12.8 Å². The van der Waals surface area contributed by atoms with Crippen LogP contribution in [0.15, 0.2) is 9.72 Å². The quantitative estimate of drug-likeness (QED) is 0.804. The van der Waals surface area contributed by atoms with Crippen molar-refractivity contribution in [2.45, 2.75) is 30.1 Å². The highest BCUT2D eigenvalue weighted by molar-refractivity contribution is 8.01. The topological polar surface area (TPSA) is 48.7 Å². The van der Waals surface area contributed by atoms with Gasteiger partial charge in [0.1, 0.15) is 9.88 Å². The van der Waals surface area contributed by atoms with Crippen LogP contribution in [0.3, 0.4) is 0 Å². The van der Waals surface area contributed by atoms with E-state index in [0.717, 1.165) is 22.2 Å². The third kappa shape index (κ3) is 3.82. The van der Waals surface area contributed by atoms with Gasteiger partial charge in [0.05, 0.1) is 6.07 Å². The number of rotatable bonds is 5. The summed E-state index contributed by atoms with van der Waals surface area (Å²) in [4.78, 5) is 4.36. The second-order valence-electron chi connectivity index (χ2n) is 3.55. The van der Waals surface area contributed by atoms with Crippen molar-refractivity contribution in [3.63, 3.8) is 0 Å².